The van der Waals surface area contributed by atoms with Crippen LogP contribution in [0.2, 0.25) is 0 Å². The number of hydrogen-bond donors (Lipinski definition) is 0. The number of hydrogen-bond acceptors (Lipinski definition) is 2. The highest BCUT2D eigenvalue weighted by atomic mass is 32.1. The lowest BCUT2D eigenvalue weighted by Crippen LogP contribution is -1.87. The van der Waals surface area contributed by atoms with Crippen molar-refractivity contribution >= 4 is 17.6 Å². The van der Waals surface area contributed by atoms with E-state index in [4.69, 9.17) is 0 Å². The standard InChI is InChI=1S/C13H12OS/c1-10-5-6-13(15-10)8-11-3-2-4-12(7-11)9-14/h2-7,9H,8H2,1H3. The monoisotopic (exact) mass is 216 g/mol. The average Bonchev–Trinajstić information content (AvgIpc) is 2.64. The van der Waals surface area contributed by atoms with Crippen molar-refractivity contribution in [3.8, 4) is 0 Å². The normalized spacial score (nSPS) is 10.2. The van der Waals surface area contributed by atoms with Gasteiger partial charge in [-0.15, -0.1) is 11.3 Å². The van der Waals surface area contributed by atoms with Crippen LogP contribution in [-0.2, 0) is 6.42 Å². The van der Waals surface area contributed by atoms with Crippen molar-refractivity contribution in [3.05, 3.63) is 57.3 Å². The van der Waals surface area contributed by atoms with Crippen LogP contribution in [0.3, 0.4) is 0 Å². The van der Waals surface area contributed by atoms with Crippen LogP contribution < -0.4 is 0 Å². The fraction of sp³-hybridized carbons (Fsp3) is 0.154. The van der Waals surface area contributed by atoms with E-state index in [-0.39, 0.29) is 0 Å². The molecule has 76 valence electrons. The lowest BCUT2D eigenvalue weighted by molar-refractivity contribution is 0.112. The van der Waals surface area contributed by atoms with Gasteiger partial charge in [-0.3, -0.25) is 4.79 Å². The van der Waals surface area contributed by atoms with E-state index in [2.05, 4.69) is 25.1 Å². The van der Waals surface area contributed by atoms with Gasteiger partial charge < -0.3 is 0 Å². The number of aryl methyl sites for hydroxylation is 1. The molecule has 0 aliphatic rings. The van der Waals surface area contributed by atoms with Crippen LogP contribution in [-0.4, -0.2) is 6.29 Å². The minimum Gasteiger partial charge on any atom is -0.298 e. The Hall–Kier alpha value is -1.41. The van der Waals surface area contributed by atoms with Crippen LogP contribution in [0, 0.1) is 6.92 Å². The van der Waals surface area contributed by atoms with Gasteiger partial charge in [0.25, 0.3) is 0 Å². The summed E-state index contributed by atoms with van der Waals surface area (Å²) in [6, 6.07) is 12.0. The molecular weight excluding hydrogens is 204 g/mol. The van der Waals surface area contributed by atoms with Crippen LogP contribution in [0.5, 0.6) is 0 Å². The maximum Gasteiger partial charge on any atom is 0.150 e. The first-order valence-electron chi connectivity index (χ1n) is 4.87. The van der Waals surface area contributed by atoms with E-state index in [0.29, 0.717) is 0 Å². The van der Waals surface area contributed by atoms with Crippen LogP contribution in [0.25, 0.3) is 0 Å². The van der Waals surface area contributed by atoms with Gasteiger partial charge in [-0.1, -0.05) is 18.2 Å². The average molecular weight is 216 g/mol. The molecule has 1 aromatic carbocycles. The summed E-state index contributed by atoms with van der Waals surface area (Å²) in [5.74, 6) is 0. The Labute approximate surface area is 93.4 Å². The molecule has 0 saturated heterocycles. The fourth-order valence-corrected chi connectivity index (χ4v) is 2.48. The van der Waals surface area contributed by atoms with Gasteiger partial charge in [0.05, 0.1) is 0 Å². The Morgan fingerprint density at radius 3 is 2.80 bits per heavy atom. The number of benzene rings is 1. The SMILES string of the molecule is Cc1ccc(Cc2cccc(C=O)c2)s1. The maximum atomic E-state index is 10.6. The summed E-state index contributed by atoms with van der Waals surface area (Å²) in [7, 11) is 0. The van der Waals surface area contributed by atoms with Gasteiger partial charge in [0.2, 0.25) is 0 Å². The van der Waals surface area contributed by atoms with E-state index in [9.17, 15) is 4.79 Å². The van der Waals surface area contributed by atoms with Crippen molar-refractivity contribution in [1.82, 2.24) is 0 Å². The summed E-state index contributed by atoms with van der Waals surface area (Å²) in [6.45, 7) is 2.11. The molecule has 1 aromatic heterocycles. The molecule has 0 bridgehead atoms. The Morgan fingerprint density at radius 1 is 1.27 bits per heavy atom. The Morgan fingerprint density at radius 2 is 2.13 bits per heavy atom. The first kappa shape index (κ1) is 10.1. The summed E-state index contributed by atoms with van der Waals surface area (Å²) in [5, 5.41) is 0. The zero-order valence-corrected chi connectivity index (χ0v) is 9.38. The number of thiophene rings is 1. The number of aldehydes is 1. The second-order valence-electron chi connectivity index (χ2n) is 3.55. The third-order valence-electron chi connectivity index (χ3n) is 2.26. The van der Waals surface area contributed by atoms with Crippen molar-refractivity contribution in [1.29, 1.82) is 0 Å². The third-order valence-corrected chi connectivity index (χ3v) is 3.26. The predicted molar refractivity (Wildman–Crippen MR) is 63.7 cm³/mol. The highest BCUT2D eigenvalue weighted by Gasteiger charge is 1.99. The van der Waals surface area contributed by atoms with E-state index in [0.717, 1.165) is 18.3 Å². The van der Waals surface area contributed by atoms with Crippen molar-refractivity contribution in [2.75, 3.05) is 0 Å². The molecule has 0 radical (unpaired) electrons. The molecule has 1 nitrogen and oxygen atoms in total. The fourth-order valence-electron chi connectivity index (χ4n) is 1.56. The summed E-state index contributed by atoms with van der Waals surface area (Å²) in [4.78, 5) is 13.3. The number of carbonyl (C=O) groups excluding carboxylic acids is 1. The number of rotatable bonds is 3. The maximum absolute atomic E-state index is 10.6. The molecule has 0 fully saturated rings. The first-order valence-corrected chi connectivity index (χ1v) is 5.69. The largest absolute Gasteiger partial charge is 0.298 e. The minimum atomic E-state index is 0.751. The van der Waals surface area contributed by atoms with Crippen molar-refractivity contribution in [2.45, 2.75) is 13.3 Å². The Balaban J connectivity index is 2.20. The van der Waals surface area contributed by atoms with E-state index < -0.39 is 0 Å². The Kier molecular flexibility index (Phi) is 2.97. The summed E-state index contributed by atoms with van der Waals surface area (Å²) < 4.78 is 0. The zero-order valence-electron chi connectivity index (χ0n) is 8.57. The molecule has 0 unspecified atom stereocenters. The second-order valence-corrected chi connectivity index (χ2v) is 4.92. The molecule has 2 rings (SSSR count). The lowest BCUT2D eigenvalue weighted by atomic mass is 10.1. The van der Waals surface area contributed by atoms with Crippen molar-refractivity contribution in [2.24, 2.45) is 0 Å². The lowest BCUT2D eigenvalue weighted by Gasteiger charge is -1.99. The quantitative estimate of drug-likeness (QED) is 0.718. The second kappa shape index (κ2) is 4.41. The highest BCUT2D eigenvalue weighted by Crippen LogP contribution is 2.19. The van der Waals surface area contributed by atoms with Crippen molar-refractivity contribution in [3.63, 3.8) is 0 Å². The molecule has 1 heterocycles. The third kappa shape index (κ3) is 2.54. The van der Waals surface area contributed by atoms with Crippen molar-refractivity contribution < 1.29 is 4.79 Å². The smallest absolute Gasteiger partial charge is 0.150 e. The van der Waals surface area contributed by atoms with Crippen LogP contribution in [0.4, 0.5) is 0 Å². The molecule has 2 heteroatoms. The molecule has 2 aromatic rings. The summed E-state index contributed by atoms with van der Waals surface area (Å²) >= 11 is 1.81. The Bertz CT molecular complexity index is 471. The molecule has 0 aliphatic heterocycles. The van der Waals surface area contributed by atoms with Gasteiger partial charge in [0.1, 0.15) is 6.29 Å². The molecule has 0 spiro atoms. The molecule has 0 amide bonds. The number of carbonyl (C=O) groups is 1. The van der Waals surface area contributed by atoms with E-state index in [1.165, 1.54) is 15.3 Å². The van der Waals surface area contributed by atoms with Gasteiger partial charge >= 0.3 is 0 Å². The topological polar surface area (TPSA) is 17.1 Å². The van der Waals surface area contributed by atoms with Crippen LogP contribution in [0.15, 0.2) is 36.4 Å². The molecule has 0 atom stereocenters. The first-order chi connectivity index (χ1) is 7.28. The zero-order chi connectivity index (χ0) is 10.7. The van der Waals surface area contributed by atoms with E-state index >= 15 is 0 Å². The summed E-state index contributed by atoms with van der Waals surface area (Å²) in [6.07, 6.45) is 1.81. The van der Waals surface area contributed by atoms with Gasteiger partial charge in [0.15, 0.2) is 0 Å². The predicted octanol–water partition coefficient (Wildman–Crippen LogP) is 3.46. The van der Waals surface area contributed by atoms with E-state index in [1.807, 2.05) is 29.5 Å². The highest BCUT2D eigenvalue weighted by molar-refractivity contribution is 7.11. The molecule has 0 N–H and O–H groups in total. The van der Waals surface area contributed by atoms with E-state index in [1.54, 1.807) is 0 Å². The molecule has 15 heavy (non-hydrogen) atoms. The van der Waals surface area contributed by atoms with Gasteiger partial charge in [-0.05, 0) is 30.7 Å². The van der Waals surface area contributed by atoms with Crippen LogP contribution >= 0.6 is 11.3 Å². The summed E-state index contributed by atoms with van der Waals surface area (Å²) in [5.41, 5.74) is 1.95. The van der Waals surface area contributed by atoms with Crippen LogP contribution in [0.1, 0.15) is 25.7 Å². The molecular formula is C13H12OS. The van der Waals surface area contributed by atoms with Gasteiger partial charge in [-0.25, -0.2) is 0 Å². The van der Waals surface area contributed by atoms with Gasteiger partial charge in [-0.2, -0.15) is 0 Å². The van der Waals surface area contributed by atoms with Gasteiger partial charge in [0, 0.05) is 21.7 Å². The molecule has 0 saturated carbocycles. The molecule has 0 aliphatic carbocycles. The minimum absolute atomic E-state index is 0.751.